The van der Waals surface area contributed by atoms with Gasteiger partial charge >= 0.3 is 0 Å². The lowest BCUT2D eigenvalue weighted by molar-refractivity contribution is 0.167. The van der Waals surface area contributed by atoms with Crippen molar-refractivity contribution in [3.63, 3.8) is 0 Å². The quantitative estimate of drug-likeness (QED) is 0.567. The molecule has 2 aromatic heterocycles. The van der Waals surface area contributed by atoms with Gasteiger partial charge in [0, 0.05) is 30.1 Å². The SMILES string of the molecule is CC(C)Cc1cc2c(NC3CCN(C(C)c4cccc(F)c4)CC3)ncnc2s1. The van der Waals surface area contributed by atoms with Gasteiger partial charge in [-0.05, 0) is 55.9 Å². The molecule has 0 saturated carbocycles. The predicted molar refractivity (Wildman–Crippen MR) is 119 cm³/mol. The molecule has 1 aliphatic heterocycles. The highest BCUT2D eigenvalue weighted by Crippen LogP contribution is 2.31. The summed E-state index contributed by atoms with van der Waals surface area (Å²) in [6, 6.07) is 9.85. The minimum absolute atomic E-state index is 0.161. The van der Waals surface area contributed by atoms with E-state index < -0.39 is 0 Å². The zero-order valence-corrected chi connectivity index (χ0v) is 18.2. The third kappa shape index (κ3) is 4.75. The molecule has 1 saturated heterocycles. The second-order valence-electron chi connectivity index (χ2n) is 8.44. The van der Waals surface area contributed by atoms with E-state index in [1.165, 1.54) is 10.9 Å². The van der Waals surface area contributed by atoms with Gasteiger partial charge in [-0.3, -0.25) is 4.90 Å². The van der Waals surface area contributed by atoms with Crippen LogP contribution in [-0.2, 0) is 6.42 Å². The molecule has 154 valence electrons. The molecule has 0 radical (unpaired) electrons. The van der Waals surface area contributed by atoms with Gasteiger partial charge in [0.25, 0.3) is 0 Å². The van der Waals surface area contributed by atoms with Gasteiger partial charge in [0.2, 0.25) is 0 Å². The van der Waals surface area contributed by atoms with Crippen LogP contribution in [0.25, 0.3) is 10.2 Å². The highest BCUT2D eigenvalue weighted by atomic mass is 32.1. The molecule has 29 heavy (non-hydrogen) atoms. The molecule has 1 atom stereocenters. The van der Waals surface area contributed by atoms with Gasteiger partial charge in [0.1, 0.15) is 22.8 Å². The number of nitrogens with zero attached hydrogens (tertiary/aromatic N) is 3. The maximum Gasteiger partial charge on any atom is 0.138 e. The Labute approximate surface area is 176 Å². The standard InChI is InChI=1S/C23H29FN4S/c1-15(2)11-20-13-21-22(25-14-26-23(21)29-20)27-19-7-9-28(10-8-19)16(3)17-5-4-6-18(24)12-17/h4-6,12-16,19H,7-11H2,1-3H3,(H,25,26,27). The maximum atomic E-state index is 13.6. The largest absolute Gasteiger partial charge is 0.367 e. The number of anilines is 1. The molecule has 1 N–H and O–H groups in total. The third-order valence-corrected chi connectivity index (χ3v) is 6.80. The first-order chi connectivity index (χ1) is 14.0. The molecule has 0 spiro atoms. The Hall–Kier alpha value is -2.05. The van der Waals surface area contributed by atoms with Crippen LogP contribution in [0.3, 0.4) is 0 Å². The summed E-state index contributed by atoms with van der Waals surface area (Å²) >= 11 is 1.77. The summed E-state index contributed by atoms with van der Waals surface area (Å²) in [5.41, 5.74) is 1.05. The van der Waals surface area contributed by atoms with E-state index in [0.717, 1.165) is 53.9 Å². The summed E-state index contributed by atoms with van der Waals surface area (Å²) in [5.74, 6) is 1.43. The molecule has 1 aliphatic rings. The summed E-state index contributed by atoms with van der Waals surface area (Å²) in [7, 11) is 0. The number of halogens is 1. The van der Waals surface area contributed by atoms with Crippen molar-refractivity contribution in [1.29, 1.82) is 0 Å². The van der Waals surface area contributed by atoms with Gasteiger partial charge in [-0.2, -0.15) is 0 Å². The van der Waals surface area contributed by atoms with Gasteiger partial charge in [-0.15, -0.1) is 11.3 Å². The normalized spacial score (nSPS) is 17.1. The van der Waals surface area contributed by atoms with Gasteiger partial charge < -0.3 is 5.32 Å². The number of hydrogen-bond acceptors (Lipinski definition) is 5. The fourth-order valence-corrected chi connectivity index (χ4v) is 5.33. The van der Waals surface area contributed by atoms with Crippen LogP contribution in [0, 0.1) is 11.7 Å². The average Bonchev–Trinajstić information content (AvgIpc) is 3.11. The summed E-state index contributed by atoms with van der Waals surface area (Å²) in [5, 5.41) is 4.81. The highest BCUT2D eigenvalue weighted by molar-refractivity contribution is 7.18. The average molecular weight is 413 g/mol. The molecule has 0 amide bonds. The van der Waals surface area contributed by atoms with E-state index in [1.54, 1.807) is 29.8 Å². The van der Waals surface area contributed by atoms with Crippen molar-refractivity contribution in [2.24, 2.45) is 5.92 Å². The van der Waals surface area contributed by atoms with Crippen LogP contribution in [0.5, 0.6) is 0 Å². The fraction of sp³-hybridized carbons (Fsp3) is 0.478. The molecule has 0 bridgehead atoms. The molecule has 1 unspecified atom stereocenters. The number of nitrogens with one attached hydrogen (secondary N) is 1. The first kappa shape index (κ1) is 20.2. The molecular weight excluding hydrogens is 383 g/mol. The second-order valence-corrected chi connectivity index (χ2v) is 9.55. The lowest BCUT2D eigenvalue weighted by atomic mass is 10.00. The predicted octanol–water partition coefficient (Wildman–Crippen LogP) is 5.67. The molecule has 3 aromatic rings. The van der Waals surface area contributed by atoms with Crippen LogP contribution in [0.1, 0.15) is 50.1 Å². The Morgan fingerprint density at radius 1 is 1.17 bits per heavy atom. The minimum Gasteiger partial charge on any atom is -0.367 e. The molecular formula is C23H29FN4S. The van der Waals surface area contributed by atoms with Gasteiger partial charge in [-0.1, -0.05) is 26.0 Å². The Kier molecular flexibility index (Phi) is 6.11. The maximum absolute atomic E-state index is 13.6. The highest BCUT2D eigenvalue weighted by Gasteiger charge is 2.24. The smallest absolute Gasteiger partial charge is 0.138 e. The third-order valence-electron chi connectivity index (χ3n) is 5.74. The number of piperidine rings is 1. The number of aromatic nitrogens is 2. The van der Waals surface area contributed by atoms with Crippen LogP contribution >= 0.6 is 11.3 Å². The van der Waals surface area contributed by atoms with Crippen LogP contribution in [-0.4, -0.2) is 34.0 Å². The van der Waals surface area contributed by atoms with Crippen LogP contribution in [0.15, 0.2) is 36.7 Å². The van der Waals surface area contributed by atoms with E-state index in [9.17, 15) is 4.39 Å². The molecule has 3 heterocycles. The number of rotatable bonds is 6. The zero-order chi connectivity index (χ0) is 20.4. The molecule has 1 fully saturated rings. The van der Waals surface area contributed by atoms with Crippen molar-refractivity contribution >= 4 is 27.4 Å². The Morgan fingerprint density at radius 3 is 2.69 bits per heavy atom. The van der Waals surface area contributed by atoms with E-state index >= 15 is 0 Å². The number of fused-ring (bicyclic) bond motifs is 1. The van der Waals surface area contributed by atoms with Crippen molar-refractivity contribution in [3.8, 4) is 0 Å². The van der Waals surface area contributed by atoms with Crippen molar-refractivity contribution < 1.29 is 4.39 Å². The topological polar surface area (TPSA) is 41.0 Å². The van der Waals surface area contributed by atoms with Gasteiger partial charge in [0.15, 0.2) is 0 Å². The van der Waals surface area contributed by atoms with E-state index in [2.05, 4.69) is 47.0 Å². The van der Waals surface area contributed by atoms with Crippen molar-refractivity contribution in [2.75, 3.05) is 18.4 Å². The van der Waals surface area contributed by atoms with E-state index in [0.29, 0.717) is 12.0 Å². The molecule has 0 aliphatic carbocycles. The number of thiophene rings is 1. The fourth-order valence-electron chi connectivity index (χ4n) is 4.13. The van der Waals surface area contributed by atoms with E-state index in [1.807, 2.05) is 6.07 Å². The zero-order valence-electron chi connectivity index (χ0n) is 17.4. The van der Waals surface area contributed by atoms with Gasteiger partial charge in [-0.25, -0.2) is 14.4 Å². The molecule has 4 rings (SSSR count). The first-order valence-electron chi connectivity index (χ1n) is 10.5. The number of likely N-dealkylation sites (tertiary alicyclic amines) is 1. The van der Waals surface area contributed by atoms with Crippen LogP contribution in [0.4, 0.5) is 10.2 Å². The van der Waals surface area contributed by atoms with E-state index in [-0.39, 0.29) is 11.9 Å². The Balaban J connectivity index is 1.40. The van der Waals surface area contributed by atoms with E-state index in [4.69, 9.17) is 0 Å². The number of benzene rings is 1. The number of hydrogen-bond donors (Lipinski definition) is 1. The van der Waals surface area contributed by atoms with Crippen molar-refractivity contribution in [1.82, 2.24) is 14.9 Å². The lowest BCUT2D eigenvalue weighted by Crippen LogP contribution is -2.40. The first-order valence-corrected chi connectivity index (χ1v) is 11.3. The summed E-state index contributed by atoms with van der Waals surface area (Å²) in [6.45, 7) is 8.64. The Bertz CT molecular complexity index is 962. The summed E-state index contributed by atoms with van der Waals surface area (Å²) in [6.07, 6.45) is 4.85. The second kappa shape index (κ2) is 8.76. The summed E-state index contributed by atoms with van der Waals surface area (Å²) < 4.78 is 13.6. The van der Waals surface area contributed by atoms with Crippen LogP contribution in [0.2, 0.25) is 0 Å². The lowest BCUT2D eigenvalue weighted by Gasteiger charge is -2.36. The van der Waals surface area contributed by atoms with Crippen LogP contribution < -0.4 is 5.32 Å². The molecule has 4 nitrogen and oxygen atoms in total. The monoisotopic (exact) mass is 412 g/mol. The van der Waals surface area contributed by atoms with Crippen molar-refractivity contribution in [2.45, 2.75) is 52.1 Å². The summed E-state index contributed by atoms with van der Waals surface area (Å²) in [4.78, 5) is 13.9. The molecule has 6 heteroatoms. The van der Waals surface area contributed by atoms with Crippen molar-refractivity contribution in [3.05, 3.63) is 52.9 Å². The Morgan fingerprint density at radius 2 is 1.97 bits per heavy atom. The molecule has 1 aromatic carbocycles. The minimum atomic E-state index is -0.161. The van der Waals surface area contributed by atoms with Gasteiger partial charge in [0.05, 0.1) is 5.39 Å².